The molecular formula is C17H27NO. The highest BCUT2D eigenvalue weighted by Gasteiger charge is 2.25. The smallest absolute Gasteiger partial charge is 0.118 e. The molecule has 0 saturated heterocycles. The lowest BCUT2D eigenvalue weighted by Gasteiger charge is -2.26. The van der Waals surface area contributed by atoms with E-state index in [1.165, 1.54) is 31.2 Å². The van der Waals surface area contributed by atoms with Gasteiger partial charge < -0.3 is 10.1 Å². The molecule has 2 rings (SSSR count). The Morgan fingerprint density at radius 3 is 2.26 bits per heavy atom. The average molecular weight is 261 g/mol. The molecule has 0 bridgehead atoms. The lowest BCUT2D eigenvalue weighted by molar-refractivity contribution is 0.377. The summed E-state index contributed by atoms with van der Waals surface area (Å²) in [5.41, 5.74) is 1.45. The molecule has 1 aliphatic rings. The molecule has 0 heterocycles. The van der Waals surface area contributed by atoms with Gasteiger partial charge in [-0.3, -0.25) is 0 Å². The first-order valence-electron chi connectivity index (χ1n) is 7.65. The SMILES string of the molecule is CCC(CC)C(CNC1CC1)c1ccc(OC)cc1. The van der Waals surface area contributed by atoms with Crippen LogP contribution in [-0.4, -0.2) is 19.7 Å². The first kappa shape index (κ1) is 14.4. The number of hydrogen-bond acceptors (Lipinski definition) is 2. The first-order valence-corrected chi connectivity index (χ1v) is 7.65. The molecule has 2 nitrogen and oxygen atoms in total. The van der Waals surface area contributed by atoms with Crippen LogP contribution in [0.1, 0.15) is 51.0 Å². The molecule has 1 atom stereocenters. The van der Waals surface area contributed by atoms with Crippen molar-refractivity contribution in [1.29, 1.82) is 0 Å². The summed E-state index contributed by atoms with van der Waals surface area (Å²) >= 11 is 0. The summed E-state index contributed by atoms with van der Waals surface area (Å²) in [5, 5.41) is 3.70. The Hall–Kier alpha value is -1.02. The number of benzene rings is 1. The summed E-state index contributed by atoms with van der Waals surface area (Å²) in [7, 11) is 1.72. The Labute approximate surface area is 117 Å². The van der Waals surface area contributed by atoms with Crippen molar-refractivity contribution < 1.29 is 4.74 Å². The van der Waals surface area contributed by atoms with Gasteiger partial charge in [0.15, 0.2) is 0 Å². The Morgan fingerprint density at radius 1 is 1.16 bits per heavy atom. The minimum atomic E-state index is 0.626. The van der Waals surface area contributed by atoms with E-state index in [1.54, 1.807) is 7.11 Å². The van der Waals surface area contributed by atoms with Gasteiger partial charge in [-0.2, -0.15) is 0 Å². The van der Waals surface area contributed by atoms with E-state index in [1.807, 2.05) is 0 Å². The minimum Gasteiger partial charge on any atom is -0.497 e. The van der Waals surface area contributed by atoms with Crippen LogP contribution < -0.4 is 10.1 Å². The highest BCUT2D eigenvalue weighted by Crippen LogP contribution is 2.31. The second-order valence-corrected chi connectivity index (χ2v) is 5.64. The Balaban J connectivity index is 2.08. The quantitative estimate of drug-likeness (QED) is 0.764. The van der Waals surface area contributed by atoms with Crippen molar-refractivity contribution in [3.05, 3.63) is 29.8 Å². The number of nitrogens with one attached hydrogen (secondary N) is 1. The summed E-state index contributed by atoms with van der Waals surface area (Å²) in [6.45, 7) is 5.73. The normalized spacial score (nSPS) is 16.6. The number of ether oxygens (including phenoxy) is 1. The van der Waals surface area contributed by atoms with Gasteiger partial charge in [-0.15, -0.1) is 0 Å². The van der Waals surface area contributed by atoms with Crippen molar-refractivity contribution >= 4 is 0 Å². The fourth-order valence-corrected chi connectivity index (χ4v) is 2.85. The van der Waals surface area contributed by atoms with Gasteiger partial charge in [-0.05, 0) is 42.4 Å². The second-order valence-electron chi connectivity index (χ2n) is 5.64. The van der Waals surface area contributed by atoms with Gasteiger partial charge >= 0.3 is 0 Å². The summed E-state index contributed by atoms with van der Waals surface area (Å²) < 4.78 is 5.25. The van der Waals surface area contributed by atoms with Crippen LogP contribution in [0.5, 0.6) is 5.75 Å². The van der Waals surface area contributed by atoms with Crippen molar-refractivity contribution in [1.82, 2.24) is 5.32 Å². The van der Waals surface area contributed by atoms with Gasteiger partial charge in [0.05, 0.1) is 7.11 Å². The molecule has 1 N–H and O–H groups in total. The molecule has 1 aromatic rings. The third-order valence-corrected chi connectivity index (χ3v) is 4.37. The molecule has 19 heavy (non-hydrogen) atoms. The molecule has 1 unspecified atom stereocenters. The predicted octanol–water partition coefficient (Wildman–Crippen LogP) is 3.97. The van der Waals surface area contributed by atoms with Crippen molar-refractivity contribution in [3.63, 3.8) is 0 Å². The maximum atomic E-state index is 5.25. The van der Waals surface area contributed by atoms with Crippen LogP contribution >= 0.6 is 0 Å². The fraction of sp³-hybridized carbons (Fsp3) is 0.647. The van der Waals surface area contributed by atoms with Gasteiger partial charge in [0.25, 0.3) is 0 Å². The largest absolute Gasteiger partial charge is 0.497 e. The van der Waals surface area contributed by atoms with Crippen LogP contribution in [-0.2, 0) is 0 Å². The molecule has 1 aliphatic carbocycles. The zero-order valence-electron chi connectivity index (χ0n) is 12.5. The van der Waals surface area contributed by atoms with Crippen molar-refractivity contribution in [3.8, 4) is 5.75 Å². The molecule has 1 fully saturated rings. The second kappa shape index (κ2) is 6.95. The van der Waals surface area contributed by atoms with Gasteiger partial charge in [-0.25, -0.2) is 0 Å². The van der Waals surface area contributed by atoms with E-state index in [9.17, 15) is 0 Å². The summed E-state index contributed by atoms with van der Waals surface area (Å²) in [6.07, 6.45) is 5.22. The molecule has 0 amide bonds. The Kier molecular flexibility index (Phi) is 5.26. The molecule has 0 aromatic heterocycles. The standard InChI is InChI=1S/C17H27NO/c1-4-13(5-2)17(12-18-15-8-9-15)14-6-10-16(19-3)11-7-14/h6-7,10-11,13,15,17-18H,4-5,8-9,12H2,1-3H3. The summed E-state index contributed by atoms with van der Waals surface area (Å²) in [4.78, 5) is 0. The third-order valence-electron chi connectivity index (χ3n) is 4.37. The number of hydrogen-bond donors (Lipinski definition) is 1. The lowest BCUT2D eigenvalue weighted by atomic mass is 9.82. The van der Waals surface area contributed by atoms with Gasteiger partial charge in [0.2, 0.25) is 0 Å². The van der Waals surface area contributed by atoms with E-state index in [0.29, 0.717) is 5.92 Å². The highest BCUT2D eigenvalue weighted by molar-refractivity contribution is 5.30. The molecule has 2 heteroatoms. The molecular weight excluding hydrogens is 234 g/mol. The van der Waals surface area contributed by atoms with Crippen LogP contribution in [0.4, 0.5) is 0 Å². The third kappa shape index (κ3) is 3.97. The monoisotopic (exact) mass is 261 g/mol. The molecule has 1 aromatic carbocycles. The van der Waals surface area contributed by atoms with E-state index in [-0.39, 0.29) is 0 Å². The van der Waals surface area contributed by atoms with Crippen LogP contribution in [0.15, 0.2) is 24.3 Å². The Morgan fingerprint density at radius 2 is 1.79 bits per heavy atom. The van der Waals surface area contributed by atoms with Gasteiger partial charge in [-0.1, -0.05) is 38.8 Å². The molecule has 106 valence electrons. The van der Waals surface area contributed by atoms with Crippen LogP contribution in [0.2, 0.25) is 0 Å². The zero-order chi connectivity index (χ0) is 13.7. The molecule has 0 aliphatic heterocycles. The zero-order valence-corrected chi connectivity index (χ0v) is 12.5. The van der Waals surface area contributed by atoms with Crippen LogP contribution in [0.3, 0.4) is 0 Å². The summed E-state index contributed by atoms with van der Waals surface area (Å²) in [6, 6.07) is 9.42. The van der Waals surface area contributed by atoms with Crippen LogP contribution in [0, 0.1) is 5.92 Å². The maximum Gasteiger partial charge on any atom is 0.118 e. The topological polar surface area (TPSA) is 21.3 Å². The van der Waals surface area contributed by atoms with Crippen molar-refractivity contribution in [2.75, 3.05) is 13.7 Å². The molecule has 1 saturated carbocycles. The molecule has 0 radical (unpaired) electrons. The predicted molar refractivity (Wildman–Crippen MR) is 80.8 cm³/mol. The van der Waals surface area contributed by atoms with Crippen molar-refractivity contribution in [2.45, 2.75) is 51.5 Å². The minimum absolute atomic E-state index is 0.626. The summed E-state index contributed by atoms with van der Waals surface area (Å²) in [5.74, 6) is 2.34. The van der Waals surface area contributed by atoms with E-state index < -0.39 is 0 Å². The van der Waals surface area contributed by atoms with E-state index in [2.05, 4.69) is 43.4 Å². The fourth-order valence-electron chi connectivity index (χ4n) is 2.85. The van der Waals surface area contributed by atoms with Crippen LogP contribution in [0.25, 0.3) is 0 Å². The molecule has 0 spiro atoms. The average Bonchev–Trinajstić information content (AvgIpc) is 3.28. The van der Waals surface area contributed by atoms with E-state index in [4.69, 9.17) is 4.74 Å². The number of rotatable bonds is 8. The number of methoxy groups -OCH3 is 1. The first-order chi connectivity index (χ1) is 9.28. The lowest BCUT2D eigenvalue weighted by Crippen LogP contribution is -2.28. The highest BCUT2D eigenvalue weighted by atomic mass is 16.5. The van der Waals surface area contributed by atoms with Gasteiger partial charge in [0, 0.05) is 12.6 Å². The van der Waals surface area contributed by atoms with E-state index in [0.717, 1.165) is 24.3 Å². The van der Waals surface area contributed by atoms with E-state index >= 15 is 0 Å². The Bertz CT molecular complexity index is 365. The maximum absolute atomic E-state index is 5.25. The van der Waals surface area contributed by atoms with Crippen molar-refractivity contribution in [2.24, 2.45) is 5.92 Å². The van der Waals surface area contributed by atoms with Gasteiger partial charge in [0.1, 0.15) is 5.75 Å².